The minimum atomic E-state index is 0.266. The number of terminal acetylenes is 1. The first-order valence-electron chi connectivity index (χ1n) is 10.1. The average Bonchev–Trinajstić information content (AvgIpc) is 3.23. The zero-order valence-electron chi connectivity index (χ0n) is 19.3. The minimum absolute atomic E-state index is 0.266. The van der Waals surface area contributed by atoms with Gasteiger partial charge in [-0.25, -0.2) is 0 Å². The molecule has 0 saturated carbocycles. The van der Waals surface area contributed by atoms with Crippen LogP contribution in [-0.2, 0) is 0 Å². The van der Waals surface area contributed by atoms with Crippen LogP contribution < -0.4 is 4.74 Å². The van der Waals surface area contributed by atoms with Gasteiger partial charge in [-0.15, -0.1) is 13.0 Å². The number of ether oxygens (including phenoxy) is 1. The van der Waals surface area contributed by atoms with Crippen molar-refractivity contribution in [3.63, 3.8) is 0 Å². The maximum absolute atomic E-state index is 9.64. The molecule has 4 heteroatoms. The SMILES string of the molecule is C#CC(=C)COc1ccccc1.C=CC.CC.Cc1ccc(O)c(-c2cc(C)[nH]n2)c1. The van der Waals surface area contributed by atoms with Crippen LogP contribution in [0.2, 0.25) is 0 Å². The van der Waals surface area contributed by atoms with Gasteiger partial charge in [-0.05, 0) is 51.1 Å². The number of aromatic hydroxyl groups is 1. The van der Waals surface area contributed by atoms with E-state index >= 15 is 0 Å². The van der Waals surface area contributed by atoms with Crippen molar-refractivity contribution in [2.75, 3.05) is 6.61 Å². The Labute approximate surface area is 187 Å². The third-order valence-electron chi connectivity index (χ3n) is 3.49. The molecule has 31 heavy (non-hydrogen) atoms. The van der Waals surface area contributed by atoms with Crippen molar-refractivity contribution in [1.29, 1.82) is 0 Å². The van der Waals surface area contributed by atoms with Crippen LogP contribution in [0, 0.1) is 26.2 Å². The minimum Gasteiger partial charge on any atom is -0.507 e. The lowest BCUT2D eigenvalue weighted by Gasteiger charge is -2.03. The molecule has 0 unspecified atom stereocenters. The molecular weight excluding hydrogens is 384 g/mol. The number of hydrogen-bond acceptors (Lipinski definition) is 3. The Morgan fingerprint density at radius 2 is 1.77 bits per heavy atom. The molecule has 0 aliphatic rings. The lowest BCUT2D eigenvalue weighted by Crippen LogP contribution is -1.97. The van der Waals surface area contributed by atoms with Gasteiger partial charge in [0.15, 0.2) is 0 Å². The van der Waals surface area contributed by atoms with E-state index in [2.05, 4.69) is 29.3 Å². The van der Waals surface area contributed by atoms with E-state index in [1.807, 2.05) is 83.1 Å². The zero-order chi connectivity index (χ0) is 23.6. The van der Waals surface area contributed by atoms with Crippen molar-refractivity contribution < 1.29 is 9.84 Å². The van der Waals surface area contributed by atoms with Crippen molar-refractivity contribution in [3.05, 3.63) is 90.7 Å². The molecule has 0 bridgehead atoms. The van der Waals surface area contributed by atoms with E-state index in [0.717, 1.165) is 28.3 Å². The Morgan fingerprint density at radius 1 is 1.16 bits per heavy atom. The molecule has 2 aromatic carbocycles. The van der Waals surface area contributed by atoms with E-state index in [9.17, 15) is 5.11 Å². The summed E-state index contributed by atoms with van der Waals surface area (Å²) in [6.45, 7) is 17.2. The molecule has 2 N–H and O–H groups in total. The van der Waals surface area contributed by atoms with E-state index in [0.29, 0.717) is 12.2 Å². The maximum atomic E-state index is 9.64. The highest BCUT2D eigenvalue weighted by Gasteiger charge is 2.06. The first kappa shape index (κ1) is 27.3. The Balaban J connectivity index is 0.000000486. The summed E-state index contributed by atoms with van der Waals surface area (Å²) in [6, 6.07) is 16.9. The molecule has 0 spiro atoms. The Hall–Kier alpha value is -3.71. The fourth-order valence-electron chi connectivity index (χ4n) is 2.14. The van der Waals surface area contributed by atoms with Crippen molar-refractivity contribution >= 4 is 0 Å². The van der Waals surface area contributed by atoms with Crippen LogP contribution in [0.1, 0.15) is 32.0 Å². The summed E-state index contributed by atoms with van der Waals surface area (Å²) >= 11 is 0. The number of aryl methyl sites for hydroxylation is 2. The summed E-state index contributed by atoms with van der Waals surface area (Å²) in [6.07, 6.45) is 6.86. The van der Waals surface area contributed by atoms with Gasteiger partial charge >= 0.3 is 0 Å². The normalized spacial score (nSPS) is 8.65. The quantitative estimate of drug-likeness (QED) is 0.359. The molecule has 3 aromatic rings. The number of nitrogens with zero attached hydrogens (tertiary/aromatic N) is 1. The molecule has 1 aromatic heterocycles. The number of H-pyrrole nitrogens is 1. The topological polar surface area (TPSA) is 58.1 Å². The lowest BCUT2D eigenvalue weighted by atomic mass is 10.1. The molecule has 3 rings (SSSR count). The first-order valence-corrected chi connectivity index (χ1v) is 10.1. The van der Waals surface area contributed by atoms with Crippen LogP contribution in [0.3, 0.4) is 0 Å². The molecular formula is C27H34N2O2. The zero-order valence-corrected chi connectivity index (χ0v) is 19.3. The Kier molecular flexibility index (Phi) is 14.2. The number of benzene rings is 2. The van der Waals surface area contributed by atoms with Gasteiger partial charge in [-0.3, -0.25) is 5.10 Å². The van der Waals surface area contributed by atoms with E-state index in [4.69, 9.17) is 11.2 Å². The highest BCUT2D eigenvalue weighted by Crippen LogP contribution is 2.28. The second-order valence-corrected chi connectivity index (χ2v) is 6.21. The second kappa shape index (κ2) is 16.1. The van der Waals surface area contributed by atoms with Gasteiger partial charge in [0.05, 0.1) is 5.69 Å². The fraction of sp³-hybridized carbons (Fsp3) is 0.222. The molecule has 164 valence electrons. The largest absolute Gasteiger partial charge is 0.507 e. The van der Waals surface area contributed by atoms with E-state index < -0.39 is 0 Å². The highest BCUT2D eigenvalue weighted by molar-refractivity contribution is 5.67. The summed E-state index contributed by atoms with van der Waals surface area (Å²) in [5.74, 6) is 3.50. The standard InChI is InChI=1S/C11H12N2O.C11H10O.C3H6.C2H6/c1-7-3-4-11(14)9(5-7)10-6-8(2)12-13-10;1-3-10(2)9-12-11-7-5-4-6-8-11;1-3-2;1-2/h3-6,14H,1-2H3,(H,12,13);1,4-8H,2,9H2;3H,1H2,2H3;1-2H3. The Bertz CT molecular complexity index is 951. The number of nitrogens with one attached hydrogen (secondary N) is 1. The van der Waals surface area contributed by atoms with Crippen molar-refractivity contribution in [2.24, 2.45) is 0 Å². The number of aromatic amines is 1. The van der Waals surface area contributed by atoms with Crippen molar-refractivity contribution in [2.45, 2.75) is 34.6 Å². The van der Waals surface area contributed by atoms with Crippen molar-refractivity contribution in [1.82, 2.24) is 10.2 Å². The maximum Gasteiger partial charge on any atom is 0.125 e. The molecule has 0 fully saturated rings. The fourth-order valence-corrected chi connectivity index (χ4v) is 2.14. The number of aromatic nitrogens is 2. The van der Waals surface area contributed by atoms with Gasteiger partial charge in [-0.2, -0.15) is 5.10 Å². The summed E-state index contributed by atoms with van der Waals surface area (Å²) in [5.41, 5.74) is 4.30. The summed E-state index contributed by atoms with van der Waals surface area (Å²) < 4.78 is 5.32. The third kappa shape index (κ3) is 11.2. The smallest absolute Gasteiger partial charge is 0.125 e. The van der Waals surface area contributed by atoms with E-state index in [-0.39, 0.29) is 5.75 Å². The van der Waals surface area contributed by atoms with Crippen LogP contribution in [0.25, 0.3) is 11.3 Å². The predicted octanol–water partition coefficient (Wildman–Crippen LogP) is 6.87. The number of rotatable bonds is 4. The molecule has 4 nitrogen and oxygen atoms in total. The number of para-hydroxylation sites is 1. The van der Waals surface area contributed by atoms with Gasteiger partial charge in [0, 0.05) is 16.8 Å². The molecule has 0 saturated heterocycles. The highest BCUT2D eigenvalue weighted by atomic mass is 16.5. The monoisotopic (exact) mass is 418 g/mol. The van der Waals surface area contributed by atoms with Crippen LogP contribution >= 0.6 is 0 Å². The van der Waals surface area contributed by atoms with Gasteiger partial charge in [-0.1, -0.05) is 62.3 Å². The molecule has 0 radical (unpaired) electrons. The first-order chi connectivity index (χ1) is 14.9. The van der Waals surface area contributed by atoms with Crippen LogP contribution in [-0.4, -0.2) is 21.9 Å². The molecule has 0 atom stereocenters. The van der Waals surface area contributed by atoms with Gasteiger partial charge in [0.1, 0.15) is 18.1 Å². The lowest BCUT2D eigenvalue weighted by molar-refractivity contribution is 0.357. The number of phenols is 1. The summed E-state index contributed by atoms with van der Waals surface area (Å²) in [4.78, 5) is 0. The number of hydrogen-bond donors (Lipinski definition) is 2. The van der Waals surface area contributed by atoms with Crippen LogP contribution in [0.15, 0.2) is 79.4 Å². The predicted molar refractivity (Wildman–Crippen MR) is 132 cm³/mol. The Morgan fingerprint density at radius 3 is 2.29 bits per heavy atom. The van der Waals surface area contributed by atoms with Crippen LogP contribution in [0.4, 0.5) is 0 Å². The molecule has 1 heterocycles. The average molecular weight is 419 g/mol. The van der Waals surface area contributed by atoms with E-state index in [1.165, 1.54) is 0 Å². The second-order valence-electron chi connectivity index (χ2n) is 6.21. The van der Waals surface area contributed by atoms with E-state index in [1.54, 1.807) is 12.1 Å². The molecule has 0 aliphatic carbocycles. The van der Waals surface area contributed by atoms with Crippen LogP contribution in [0.5, 0.6) is 11.5 Å². The number of phenolic OH excluding ortho intramolecular Hbond substituents is 1. The molecule has 0 aliphatic heterocycles. The number of allylic oxidation sites excluding steroid dienone is 1. The molecule has 0 amide bonds. The van der Waals surface area contributed by atoms with Gasteiger partial charge < -0.3 is 9.84 Å². The van der Waals surface area contributed by atoms with Gasteiger partial charge in [0.25, 0.3) is 0 Å². The van der Waals surface area contributed by atoms with Crippen molar-refractivity contribution in [3.8, 4) is 35.1 Å². The van der Waals surface area contributed by atoms with Gasteiger partial charge in [0.2, 0.25) is 0 Å². The summed E-state index contributed by atoms with van der Waals surface area (Å²) in [7, 11) is 0. The summed E-state index contributed by atoms with van der Waals surface area (Å²) in [5, 5.41) is 16.6. The third-order valence-corrected chi connectivity index (χ3v) is 3.49.